The standard InChI is InChI=1S/C19H39NSi/c1-5-9-10-11-12-13-14-15-16-20-17-19-21(7-3,8-4)18-6-2/h6,17H,2,5,7-16,18-19H2,1,3-4H3. The van der Waals surface area contributed by atoms with E-state index in [2.05, 4.69) is 44.6 Å². The number of allylic oxidation sites excluding steroid dienone is 1. The predicted molar refractivity (Wildman–Crippen MR) is 102 cm³/mol. The Bertz CT molecular complexity index is 256. The van der Waals surface area contributed by atoms with Crippen LogP contribution in [0.2, 0.25) is 24.2 Å². The van der Waals surface area contributed by atoms with Crippen LogP contribution in [-0.2, 0) is 0 Å². The van der Waals surface area contributed by atoms with Crippen LogP contribution in [0.1, 0.15) is 72.1 Å². The highest BCUT2D eigenvalue weighted by molar-refractivity contribution is 6.82. The summed E-state index contributed by atoms with van der Waals surface area (Å²) in [5, 5.41) is 0. The lowest BCUT2D eigenvalue weighted by atomic mass is 10.1. The van der Waals surface area contributed by atoms with Crippen LogP contribution in [0.25, 0.3) is 0 Å². The van der Waals surface area contributed by atoms with Crippen LogP contribution in [0.3, 0.4) is 0 Å². The molecular formula is C19H39NSi. The smallest absolute Gasteiger partial charge is 0.0621 e. The van der Waals surface area contributed by atoms with Gasteiger partial charge in [-0.15, -0.1) is 6.58 Å². The molecule has 0 bridgehead atoms. The van der Waals surface area contributed by atoms with Crippen LogP contribution in [-0.4, -0.2) is 20.8 Å². The van der Waals surface area contributed by atoms with Gasteiger partial charge in [-0.1, -0.05) is 83.9 Å². The maximum Gasteiger partial charge on any atom is 0.0621 e. The number of nitrogens with zero attached hydrogens (tertiary/aromatic N) is 1. The van der Waals surface area contributed by atoms with E-state index in [1.54, 1.807) is 0 Å². The van der Waals surface area contributed by atoms with Gasteiger partial charge in [0.1, 0.15) is 0 Å². The largest absolute Gasteiger partial charge is 0.298 e. The molecule has 0 atom stereocenters. The van der Waals surface area contributed by atoms with Crippen molar-refractivity contribution in [2.45, 2.75) is 96.3 Å². The van der Waals surface area contributed by atoms with Gasteiger partial charge < -0.3 is 0 Å². The normalized spacial score (nSPS) is 12.1. The molecule has 0 fully saturated rings. The van der Waals surface area contributed by atoms with E-state index in [1.807, 2.05) is 0 Å². The highest BCUT2D eigenvalue weighted by Crippen LogP contribution is 2.24. The molecule has 0 aromatic rings. The number of rotatable bonds is 15. The van der Waals surface area contributed by atoms with Crippen molar-refractivity contribution in [3.8, 4) is 0 Å². The fourth-order valence-electron chi connectivity index (χ4n) is 2.90. The van der Waals surface area contributed by atoms with Gasteiger partial charge >= 0.3 is 0 Å². The molecule has 0 aromatic carbocycles. The number of unbranched alkanes of at least 4 members (excludes halogenated alkanes) is 7. The molecular weight excluding hydrogens is 270 g/mol. The molecule has 21 heavy (non-hydrogen) atoms. The van der Waals surface area contributed by atoms with Gasteiger partial charge in [-0.2, -0.15) is 0 Å². The molecule has 0 rings (SSSR count). The molecule has 0 unspecified atom stereocenters. The Hall–Kier alpha value is -0.373. The van der Waals surface area contributed by atoms with Crippen molar-refractivity contribution in [3.63, 3.8) is 0 Å². The van der Waals surface area contributed by atoms with Crippen molar-refractivity contribution in [3.05, 3.63) is 12.7 Å². The van der Waals surface area contributed by atoms with Gasteiger partial charge in [0.15, 0.2) is 0 Å². The van der Waals surface area contributed by atoms with Gasteiger partial charge in [0, 0.05) is 6.54 Å². The average Bonchev–Trinajstić information content (AvgIpc) is 2.51. The van der Waals surface area contributed by atoms with Gasteiger partial charge in [-0.3, -0.25) is 4.99 Å². The van der Waals surface area contributed by atoms with E-state index >= 15 is 0 Å². The van der Waals surface area contributed by atoms with Gasteiger partial charge in [0.2, 0.25) is 0 Å². The molecule has 0 aliphatic heterocycles. The monoisotopic (exact) mass is 309 g/mol. The zero-order chi connectivity index (χ0) is 15.8. The second-order valence-corrected chi connectivity index (χ2v) is 11.7. The lowest BCUT2D eigenvalue weighted by Crippen LogP contribution is -2.31. The molecule has 0 aliphatic rings. The van der Waals surface area contributed by atoms with Crippen molar-refractivity contribution in [1.29, 1.82) is 0 Å². The number of aliphatic imine (C=N–C) groups is 1. The summed E-state index contributed by atoms with van der Waals surface area (Å²) in [7, 11) is -1.10. The molecule has 0 radical (unpaired) electrons. The van der Waals surface area contributed by atoms with Crippen molar-refractivity contribution < 1.29 is 0 Å². The summed E-state index contributed by atoms with van der Waals surface area (Å²) in [5.74, 6) is 0. The molecule has 0 aromatic heterocycles. The second kappa shape index (κ2) is 14.6. The summed E-state index contributed by atoms with van der Waals surface area (Å²) in [5.41, 5.74) is 0. The average molecular weight is 310 g/mol. The third kappa shape index (κ3) is 10.9. The Balaban J connectivity index is 3.60. The first kappa shape index (κ1) is 20.6. The quantitative estimate of drug-likeness (QED) is 0.135. The van der Waals surface area contributed by atoms with Crippen molar-refractivity contribution >= 4 is 14.3 Å². The molecule has 0 amide bonds. The summed E-state index contributed by atoms with van der Waals surface area (Å²) < 4.78 is 0. The third-order valence-electron chi connectivity index (χ3n) is 4.87. The maximum atomic E-state index is 4.66. The van der Waals surface area contributed by atoms with Gasteiger partial charge in [-0.05, 0) is 24.7 Å². The first-order valence-corrected chi connectivity index (χ1v) is 12.2. The minimum atomic E-state index is -1.10. The highest BCUT2D eigenvalue weighted by Gasteiger charge is 2.25. The molecule has 0 spiro atoms. The Kier molecular flexibility index (Phi) is 14.3. The fourth-order valence-corrected chi connectivity index (χ4v) is 5.85. The number of hydrogen-bond acceptors (Lipinski definition) is 1. The van der Waals surface area contributed by atoms with E-state index in [0.717, 1.165) is 6.54 Å². The van der Waals surface area contributed by atoms with Crippen LogP contribution in [0, 0.1) is 0 Å². The summed E-state index contributed by atoms with van der Waals surface area (Å²) in [6.45, 7) is 12.0. The summed E-state index contributed by atoms with van der Waals surface area (Å²) in [6, 6.07) is 5.23. The van der Waals surface area contributed by atoms with Gasteiger partial charge in [0.25, 0.3) is 0 Å². The summed E-state index contributed by atoms with van der Waals surface area (Å²) in [4.78, 5) is 4.66. The molecule has 2 heteroatoms. The zero-order valence-electron chi connectivity index (χ0n) is 15.0. The van der Waals surface area contributed by atoms with E-state index < -0.39 is 8.07 Å². The van der Waals surface area contributed by atoms with Crippen LogP contribution in [0.5, 0.6) is 0 Å². The molecule has 1 nitrogen and oxygen atoms in total. The Morgan fingerprint density at radius 3 is 1.90 bits per heavy atom. The summed E-state index contributed by atoms with van der Waals surface area (Å²) >= 11 is 0. The predicted octanol–water partition coefficient (Wildman–Crippen LogP) is 6.87. The topological polar surface area (TPSA) is 12.4 Å². The second-order valence-electron chi connectivity index (χ2n) is 6.47. The van der Waals surface area contributed by atoms with E-state index in [-0.39, 0.29) is 0 Å². The Morgan fingerprint density at radius 1 is 0.810 bits per heavy atom. The van der Waals surface area contributed by atoms with Gasteiger partial charge in [0.05, 0.1) is 8.07 Å². The summed E-state index contributed by atoms with van der Waals surface area (Å²) in [6.07, 6.45) is 15.5. The van der Waals surface area contributed by atoms with Crippen molar-refractivity contribution in [2.75, 3.05) is 6.54 Å². The fraction of sp³-hybridized carbons (Fsp3) is 0.842. The van der Waals surface area contributed by atoms with E-state index in [0.29, 0.717) is 0 Å². The minimum Gasteiger partial charge on any atom is -0.298 e. The van der Waals surface area contributed by atoms with E-state index in [1.165, 1.54) is 75.5 Å². The molecule has 0 aliphatic carbocycles. The molecule has 0 N–H and O–H groups in total. The lowest BCUT2D eigenvalue weighted by Gasteiger charge is -2.26. The molecule has 0 saturated heterocycles. The van der Waals surface area contributed by atoms with Crippen LogP contribution < -0.4 is 0 Å². The lowest BCUT2D eigenvalue weighted by molar-refractivity contribution is 0.578. The van der Waals surface area contributed by atoms with Crippen LogP contribution >= 0.6 is 0 Å². The Morgan fingerprint density at radius 2 is 1.38 bits per heavy atom. The van der Waals surface area contributed by atoms with Crippen LogP contribution in [0.15, 0.2) is 17.6 Å². The zero-order valence-corrected chi connectivity index (χ0v) is 16.0. The minimum absolute atomic E-state index is 1.04. The van der Waals surface area contributed by atoms with Crippen molar-refractivity contribution in [1.82, 2.24) is 0 Å². The van der Waals surface area contributed by atoms with Gasteiger partial charge in [-0.25, -0.2) is 0 Å². The van der Waals surface area contributed by atoms with Crippen LogP contribution in [0.4, 0.5) is 0 Å². The van der Waals surface area contributed by atoms with E-state index in [4.69, 9.17) is 0 Å². The molecule has 0 saturated carbocycles. The first-order valence-electron chi connectivity index (χ1n) is 9.33. The highest BCUT2D eigenvalue weighted by atomic mass is 28.3. The number of hydrogen-bond donors (Lipinski definition) is 0. The SMILES string of the molecule is C=CC[Si](CC)(CC)CC=NCCCCCCCCCC. The van der Waals surface area contributed by atoms with Crippen molar-refractivity contribution in [2.24, 2.45) is 4.99 Å². The molecule has 124 valence electrons. The van der Waals surface area contributed by atoms with E-state index in [9.17, 15) is 0 Å². The first-order chi connectivity index (χ1) is 10.2. The third-order valence-corrected chi connectivity index (χ3v) is 10.1. The molecule has 0 heterocycles. The maximum absolute atomic E-state index is 4.66. The Labute approximate surface area is 135 Å².